The molecule has 0 saturated heterocycles. The molecule has 0 amide bonds. The first-order valence-electron chi connectivity index (χ1n) is 7.67. The second kappa shape index (κ2) is 8.53. The van der Waals surface area contributed by atoms with Crippen molar-refractivity contribution < 1.29 is 9.21 Å². The number of pyridine rings is 2. The minimum absolute atomic E-state index is 0.0584. The largest absolute Gasteiger partial charge is 0.440 e. The van der Waals surface area contributed by atoms with Crippen LogP contribution < -0.4 is 5.73 Å². The number of nitrogens with two attached hydrogens (primary N) is 1. The van der Waals surface area contributed by atoms with Crippen molar-refractivity contribution in [2.24, 2.45) is 0 Å². The lowest BCUT2D eigenvalue weighted by molar-refractivity contribution is 0.101. The highest BCUT2D eigenvalue weighted by molar-refractivity contribution is 9.10. The molecule has 0 atom stereocenters. The first kappa shape index (κ1) is 18.8. The number of oxazole rings is 1. The van der Waals surface area contributed by atoms with Gasteiger partial charge in [-0.1, -0.05) is 13.8 Å². The Balaban J connectivity index is 0.000000196. The summed E-state index contributed by atoms with van der Waals surface area (Å²) >= 11 is 3.17. The standard InChI is InChI=1S/C11H13N3O.C7H6BrNO/c1-7(2)11-14-6-9(15-11)8-3-4-13-10(12)5-8;1-5(10)6-2-3-9-7(8)4-6/h3-7H,1-2H3,(H2,12,13);2-4H,1H3. The van der Waals surface area contributed by atoms with Crippen molar-refractivity contribution in [3.05, 3.63) is 58.9 Å². The second-order valence-corrected chi connectivity index (χ2v) is 6.42. The molecule has 0 radical (unpaired) electrons. The normalized spacial score (nSPS) is 10.3. The Hall–Kier alpha value is -2.54. The van der Waals surface area contributed by atoms with Gasteiger partial charge >= 0.3 is 0 Å². The number of rotatable bonds is 3. The van der Waals surface area contributed by atoms with Crippen LogP contribution in [0.2, 0.25) is 0 Å². The number of carbonyl (C=O) groups is 1. The summed E-state index contributed by atoms with van der Waals surface area (Å²) < 4.78 is 6.29. The van der Waals surface area contributed by atoms with Crippen molar-refractivity contribution in [2.75, 3.05) is 5.73 Å². The van der Waals surface area contributed by atoms with E-state index in [-0.39, 0.29) is 11.7 Å². The van der Waals surface area contributed by atoms with Crippen molar-refractivity contribution in [2.45, 2.75) is 26.7 Å². The topological polar surface area (TPSA) is 94.9 Å². The molecule has 0 fully saturated rings. The third-order valence-electron chi connectivity index (χ3n) is 3.22. The lowest BCUT2D eigenvalue weighted by atomic mass is 10.2. The maximum absolute atomic E-state index is 10.7. The third-order valence-corrected chi connectivity index (χ3v) is 3.65. The molecular weight excluding hydrogens is 384 g/mol. The molecule has 3 aromatic rings. The molecule has 3 rings (SSSR count). The van der Waals surface area contributed by atoms with Gasteiger partial charge in [-0.05, 0) is 47.1 Å². The van der Waals surface area contributed by atoms with Crippen LogP contribution in [-0.2, 0) is 0 Å². The summed E-state index contributed by atoms with van der Waals surface area (Å²) in [5.74, 6) is 2.30. The van der Waals surface area contributed by atoms with Gasteiger partial charge in [0, 0.05) is 29.4 Å². The van der Waals surface area contributed by atoms with Crippen LogP contribution in [0.15, 0.2) is 51.9 Å². The summed E-state index contributed by atoms with van der Waals surface area (Å²) in [6.07, 6.45) is 4.97. The van der Waals surface area contributed by atoms with E-state index in [1.807, 2.05) is 19.9 Å². The number of anilines is 1. The summed E-state index contributed by atoms with van der Waals surface area (Å²) in [7, 11) is 0. The van der Waals surface area contributed by atoms with Gasteiger partial charge in [-0.15, -0.1) is 0 Å². The molecular formula is C18H19BrN4O2. The number of hydrogen-bond acceptors (Lipinski definition) is 6. The summed E-state index contributed by atoms with van der Waals surface area (Å²) in [5.41, 5.74) is 7.18. The number of halogens is 1. The molecule has 0 aliphatic heterocycles. The number of Topliss-reactive ketones (excluding diaryl/α,β-unsaturated/α-hetero) is 1. The molecule has 0 spiro atoms. The van der Waals surface area contributed by atoms with E-state index in [9.17, 15) is 4.79 Å². The van der Waals surface area contributed by atoms with Gasteiger partial charge < -0.3 is 10.2 Å². The van der Waals surface area contributed by atoms with Crippen LogP contribution >= 0.6 is 15.9 Å². The zero-order chi connectivity index (χ0) is 18.4. The van der Waals surface area contributed by atoms with Crippen LogP contribution in [0.5, 0.6) is 0 Å². The highest BCUT2D eigenvalue weighted by atomic mass is 79.9. The van der Waals surface area contributed by atoms with Gasteiger partial charge in [0.15, 0.2) is 17.4 Å². The van der Waals surface area contributed by atoms with E-state index in [0.717, 1.165) is 17.2 Å². The average Bonchev–Trinajstić information content (AvgIpc) is 3.06. The van der Waals surface area contributed by atoms with E-state index in [1.165, 1.54) is 6.92 Å². The summed E-state index contributed by atoms with van der Waals surface area (Å²) in [5, 5.41) is 0. The number of nitrogen functional groups attached to an aromatic ring is 1. The molecule has 0 saturated carbocycles. The van der Waals surface area contributed by atoms with Gasteiger partial charge in [0.2, 0.25) is 0 Å². The molecule has 0 aromatic carbocycles. The Labute approximate surface area is 154 Å². The van der Waals surface area contributed by atoms with E-state index in [4.69, 9.17) is 10.2 Å². The van der Waals surface area contributed by atoms with Crippen LogP contribution in [0.25, 0.3) is 11.3 Å². The van der Waals surface area contributed by atoms with Gasteiger partial charge in [-0.3, -0.25) is 4.79 Å². The van der Waals surface area contributed by atoms with E-state index in [0.29, 0.717) is 16.0 Å². The van der Waals surface area contributed by atoms with Gasteiger partial charge in [0.05, 0.1) is 6.20 Å². The Morgan fingerprint density at radius 3 is 2.40 bits per heavy atom. The highest BCUT2D eigenvalue weighted by Gasteiger charge is 2.09. The van der Waals surface area contributed by atoms with Gasteiger partial charge in [-0.2, -0.15) is 0 Å². The van der Waals surface area contributed by atoms with Gasteiger partial charge in [0.1, 0.15) is 10.4 Å². The fourth-order valence-electron chi connectivity index (χ4n) is 1.91. The lowest BCUT2D eigenvalue weighted by Crippen LogP contribution is -1.91. The second-order valence-electron chi connectivity index (χ2n) is 5.61. The summed E-state index contributed by atoms with van der Waals surface area (Å²) in [6.45, 7) is 5.61. The van der Waals surface area contributed by atoms with Crippen molar-refractivity contribution in [3.63, 3.8) is 0 Å². The van der Waals surface area contributed by atoms with E-state index in [2.05, 4.69) is 30.9 Å². The number of aromatic nitrogens is 3. The zero-order valence-electron chi connectivity index (χ0n) is 14.2. The maximum atomic E-state index is 10.7. The highest BCUT2D eigenvalue weighted by Crippen LogP contribution is 2.24. The van der Waals surface area contributed by atoms with Crippen molar-refractivity contribution in [1.82, 2.24) is 15.0 Å². The van der Waals surface area contributed by atoms with Gasteiger partial charge in [0.25, 0.3) is 0 Å². The van der Waals surface area contributed by atoms with Crippen LogP contribution in [0.3, 0.4) is 0 Å². The van der Waals surface area contributed by atoms with Gasteiger partial charge in [-0.25, -0.2) is 15.0 Å². The van der Waals surface area contributed by atoms with Crippen molar-refractivity contribution >= 4 is 27.5 Å². The quantitative estimate of drug-likeness (QED) is 0.512. The molecule has 130 valence electrons. The van der Waals surface area contributed by atoms with Crippen molar-refractivity contribution in [3.8, 4) is 11.3 Å². The first-order chi connectivity index (χ1) is 11.9. The van der Waals surface area contributed by atoms with Crippen LogP contribution in [0.1, 0.15) is 42.9 Å². The first-order valence-corrected chi connectivity index (χ1v) is 8.46. The maximum Gasteiger partial charge on any atom is 0.197 e. The molecule has 25 heavy (non-hydrogen) atoms. The van der Waals surface area contributed by atoms with E-state index in [1.54, 1.807) is 36.8 Å². The smallest absolute Gasteiger partial charge is 0.197 e. The monoisotopic (exact) mass is 402 g/mol. The Morgan fingerprint density at radius 1 is 1.16 bits per heavy atom. The average molecular weight is 403 g/mol. The number of carbonyl (C=O) groups excluding carboxylic acids is 1. The minimum Gasteiger partial charge on any atom is -0.440 e. The molecule has 2 N–H and O–H groups in total. The van der Waals surface area contributed by atoms with Crippen LogP contribution in [0.4, 0.5) is 5.82 Å². The fraction of sp³-hybridized carbons (Fsp3) is 0.222. The molecule has 0 unspecified atom stereocenters. The molecule has 6 nitrogen and oxygen atoms in total. The number of ketones is 1. The molecule has 0 bridgehead atoms. The fourth-order valence-corrected chi connectivity index (χ4v) is 2.28. The van der Waals surface area contributed by atoms with Crippen LogP contribution in [0, 0.1) is 0 Å². The Bertz CT molecular complexity index is 862. The Kier molecular flexibility index (Phi) is 6.41. The molecule has 3 aromatic heterocycles. The Morgan fingerprint density at radius 2 is 1.88 bits per heavy atom. The third kappa shape index (κ3) is 5.49. The molecule has 0 aliphatic rings. The minimum atomic E-state index is 0.0584. The lowest BCUT2D eigenvalue weighted by Gasteiger charge is -1.98. The number of hydrogen-bond donors (Lipinski definition) is 1. The van der Waals surface area contributed by atoms with E-state index >= 15 is 0 Å². The summed E-state index contributed by atoms with van der Waals surface area (Å²) in [4.78, 5) is 22.8. The predicted molar refractivity (Wildman–Crippen MR) is 100 cm³/mol. The van der Waals surface area contributed by atoms with Crippen molar-refractivity contribution in [1.29, 1.82) is 0 Å². The number of nitrogens with zero attached hydrogens (tertiary/aromatic N) is 3. The zero-order valence-corrected chi connectivity index (χ0v) is 15.8. The van der Waals surface area contributed by atoms with E-state index < -0.39 is 0 Å². The molecule has 7 heteroatoms. The predicted octanol–water partition coefficient (Wildman–Crippen LogP) is 4.49. The van der Waals surface area contributed by atoms with Crippen LogP contribution in [-0.4, -0.2) is 20.7 Å². The SMILES string of the molecule is CC(=O)c1ccnc(Br)c1.CC(C)c1ncc(-c2ccnc(N)c2)o1. The molecule has 0 aliphatic carbocycles. The molecule has 3 heterocycles. The summed E-state index contributed by atoms with van der Waals surface area (Å²) in [6, 6.07) is 7.00.